The van der Waals surface area contributed by atoms with E-state index in [4.69, 9.17) is 4.43 Å². The Morgan fingerprint density at radius 2 is 1.15 bits per heavy atom. The summed E-state index contributed by atoms with van der Waals surface area (Å²) in [5.74, 6) is -9.61. The summed E-state index contributed by atoms with van der Waals surface area (Å²) in [6.07, 6.45) is 0. The predicted octanol–water partition coefficient (Wildman–Crippen LogP) is 3.86. The van der Waals surface area contributed by atoms with Crippen molar-refractivity contribution in [2.24, 2.45) is 5.41 Å². The van der Waals surface area contributed by atoms with Gasteiger partial charge in [0.2, 0.25) is 14.1 Å². The Kier molecular flexibility index (Phi) is 4.65. The van der Waals surface area contributed by atoms with Gasteiger partial charge in [-0.2, -0.15) is 0 Å². The molecular weight excluding hydrogens is 295 g/mol. The van der Waals surface area contributed by atoms with Crippen molar-refractivity contribution < 1.29 is 26.4 Å². The lowest BCUT2D eigenvalue weighted by molar-refractivity contribution is 0.193. The minimum Gasteiger partial charge on any atom is -0.412 e. The van der Waals surface area contributed by atoms with Crippen molar-refractivity contribution in [3.8, 4) is 0 Å². The zero-order valence-electron chi connectivity index (χ0n) is 12.0. The first-order valence-corrected chi connectivity index (χ1v) is 8.95. The zero-order chi connectivity index (χ0) is 15.9. The number of rotatable bonds is 3. The molecule has 0 N–H and O–H groups in total. The van der Waals surface area contributed by atoms with Gasteiger partial charge in [0.05, 0.1) is 0 Å². The third kappa shape index (κ3) is 3.38. The highest BCUT2D eigenvalue weighted by Crippen LogP contribution is 2.22. The Morgan fingerprint density at radius 3 is 1.50 bits per heavy atom. The molecule has 20 heavy (non-hydrogen) atoms. The first kappa shape index (κ1) is 17.1. The van der Waals surface area contributed by atoms with Crippen molar-refractivity contribution in [1.29, 1.82) is 0 Å². The van der Waals surface area contributed by atoms with Crippen molar-refractivity contribution in [2.75, 3.05) is 6.61 Å². The summed E-state index contributed by atoms with van der Waals surface area (Å²) in [6.45, 7) is 8.49. The molecule has 1 nitrogen and oxygen atoms in total. The zero-order valence-corrected chi connectivity index (χ0v) is 13.0. The summed E-state index contributed by atoms with van der Waals surface area (Å²) in [7, 11) is -3.26. The molecule has 0 amide bonds. The average Bonchev–Trinajstić information content (AvgIpc) is 2.31. The molecule has 1 rings (SSSR count). The molecule has 7 heteroatoms. The summed E-state index contributed by atoms with van der Waals surface area (Å²) < 4.78 is 72.4. The molecular formula is C13H17F5OSi. The van der Waals surface area contributed by atoms with Crippen LogP contribution < -0.4 is 5.19 Å². The Balaban J connectivity index is 3.32. The molecule has 0 aromatic heterocycles. The largest absolute Gasteiger partial charge is 0.412 e. The Morgan fingerprint density at radius 1 is 0.800 bits per heavy atom. The molecule has 114 valence electrons. The molecule has 0 unspecified atom stereocenters. The quantitative estimate of drug-likeness (QED) is 0.356. The molecule has 1 aromatic carbocycles. The van der Waals surface area contributed by atoms with Crippen LogP contribution in [0.1, 0.15) is 20.8 Å². The van der Waals surface area contributed by atoms with Crippen LogP contribution in [0.15, 0.2) is 0 Å². The maximum absolute atomic E-state index is 13.8. The Hall–Kier alpha value is -0.953. The van der Waals surface area contributed by atoms with E-state index in [1.807, 2.05) is 20.8 Å². The fourth-order valence-electron chi connectivity index (χ4n) is 1.60. The third-order valence-electron chi connectivity index (χ3n) is 2.68. The van der Waals surface area contributed by atoms with Crippen LogP contribution in [0.3, 0.4) is 0 Å². The van der Waals surface area contributed by atoms with Crippen LogP contribution in [-0.4, -0.2) is 14.9 Å². The summed E-state index contributed by atoms with van der Waals surface area (Å²) in [4.78, 5) is 0. The monoisotopic (exact) mass is 312 g/mol. The molecule has 0 atom stereocenters. The van der Waals surface area contributed by atoms with Gasteiger partial charge in [-0.1, -0.05) is 20.8 Å². The van der Waals surface area contributed by atoms with Gasteiger partial charge in [0.25, 0.3) is 0 Å². The van der Waals surface area contributed by atoms with Crippen molar-refractivity contribution in [1.82, 2.24) is 0 Å². The molecule has 0 saturated heterocycles. The van der Waals surface area contributed by atoms with Gasteiger partial charge in [0.15, 0.2) is 23.3 Å². The van der Waals surface area contributed by atoms with Crippen LogP contribution in [0.2, 0.25) is 13.1 Å². The second-order valence-corrected chi connectivity index (χ2v) is 10.1. The second kappa shape index (κ2) is 5.44. The molecule has 1 aromatic rings. The summed E-state index contributed by atoms with van der Waals surface area (Å²) in [6, 6.07) is 0. The van der Waals surface area contributed by atoms with E-state index in [1.54, 1.807) is 0 Å². The third-order valence-corrected chi connectivity index (χ3v) is 5.19. The molecule has 0 heterocycles. The van der Waals surface area contributed by atoms with Gasteiger partial charge < -0.3 is 4.43 Å². The van der Waals surface area contributed by atoms with Crippen LogP contribution >= 0.6 is 0 Å². The highest BCUT2D eigenvalue weighted by molar-refractivity contribution is 6.84. The molecule has 0 saturated carbocycles. The summed E-state index contributed by atoms with van der Waals surface area (Å²) >= 11 is 0. The van der Waals surface area contributed by atoms with E-state index in [2.05, 4.69) is 0 Å². The summed E-state index contributed by atoms with van der Waals surface area (Å²) in [5.41, 5.74) is -0.283. The lowest BCUT2D eigenvalue weighted by Gasteiger charge is -2.29. The lowest BCUT2D eigenvalue weighted by Crippen LogP contribution is -2.51. The molecule has 0 fully saturated rings. The normalized spacial score (nSPS) is 12.9. The Labute approximate surface area is 115 Å². The second-order valence-electron chi connectivity index (χ2n) is 6.30. The van der Waals surface area contributed by atoms with Gasteiger partial charge >= 0.3 is 0 Å². The van der Waals surface area contributed by atoms with Gasteiger partial charge in [0, 0.05) is 11.8 Å². The van der Waals surface area contributed by atoms with E-state index >= 15 is 0 Å². The topological polar surface area (TPSA) is 9.23 Å². The van der Waals surface area contributed by atoms with Crippen LogP contribution in [0.5, 0.6) is 0 Å². The SMILES string of the molecule is CC(C)(C)CO[Si](C)(C)c1c(F)c(F)c(F)c(F)c1F. The van der Waals surface area contributed by atoms with Crippen LogP contribution in [0.25, 0.3) is 0 Å². The minimum atomic E-state index is -3.26. The van der Waals surface area contributed by atoms with E-state index in [-0.39, 0.29) is 12.0 Å². The number of hydrogen-bond donors (Lipinski definition) is 0. The van der Waals surface area contributed by atoms with E-state index in [1.165, 1.54) is 13.1 Å². The summed E-state index contributed by atoms with van der Waals surface area (Å²) in [5, 5.41) is -0.821. The van der Waals surface area contributed by atoms with Gasteiger partial charge in [-0.25, -0.2) is 22.0 Å². The number of halogens is 5. The first-order valence-electron chi connectivity index (χ1n) is 6.04. The standard InChI is InChI=1S/C13H17F5OSi/c1-13(2,3)6-19-20(4,5)12-10(17)8(15)7(14)9(16)11(12)18/h6H2,1-5H3. The molecule has 0 aliphatic rings. The highest BCUT2D eigenvalue weighted by Gasteiger charge is 2.38. The smallest absolute Gasteiger partial charge is 0.224 e. The van der Waals surface area contributed by atoms with Crippen LogP contribution in [0.4, 0.5) is 22.0 Å². The van der Waals surface area contributed by atoms with Crippen LogP contribution in [-0.2, 0) is 4.43 Å². The fourth-order valence-corrected chi connectivity index (χ4v) is 3.82. The molecule has 0 aliphatic heterocycles. The predicted molar refractivity (Wildman–Crippen MR) is 68.8 cm³/mol. The van der Waals surface area contributed by atoms with E-state index in [0.29, 0.717) is 0 Å². The van der Waals surface area contributed by atoms with E-state index in [9.17, 15) is 22.0 Å². The Bertz CT molecular complexity index is 493. The lowest BCUT2D eigenvalue weighted by atomic mass is 9.99. The van der Waals surface area contributed by atoms with Crippen LogP contribution in [0, 0.1) is 34.5 Å². The minimum absolute atomic E-state index is 0.158. The average molecular weight is 312 g/mol. The van der Waals surface area contributed by atoms with Crippen molar-refractivity contribution in [2.45, 2.75) is 33.9 Å². The van der Waals surface area contributed by atoms with Crippen molar-refractivity contribution >= 4 is 13.5 Å². The molecule has 0 bridgehead atoms. The van der Waals surface area contributed by atoms with Gasteiger partial charge in [0.1, 0.15) is 0 Å². The maximum Gasteiger partial charge on any atom is 0.224 e. The van der Waals surface area contributed by atoms with E-state index in [0.717, 1.165) is 0 Å². The van der Waals surface area contributed by atoms with Gasteiger partial charge in [-0.05, 0) is 18.5 Å². The molecule has 0 radical (unpaired) electrons. The van der Waals surface area contributed by atoms with Gasteiger partial charge in [-0.3, -0.25) is 0 Å². The fraction of sp³-hybridized carbons (Fsp3) is 0.538. The van der Waals surface area contributed by atoms with Crippen molar-refractivity contribution in [3.63, 3.8) is 0 Å². The van der Waals surface area contributed by atoms with Gasteiger partial charge in [-0.15, -0.1) is 0 Å². The molecule has 0 spiro atoms. The number of hydrogen-bond acceptors (Lipinski definition) is 1. The van der Waals surface area contributed by atoms with E-state index < -0.39 is 42.6 Å². The first-order chi connectivity index (χ1) is 8.88. The highest BCUT2D eigenvalue weighted by atomic mass is 28.4. The van der Waals surface area contributed by atoms with Crippen molar-refractivity contribution in [3.05, 3.63) is 29.1 Å². The number of benzene rings is 1. The molecule has 0 aliphatic carbocycles. The maximum atomic E-state index is 13.8.